The molecule has 0 atom stereocenters. The highest BCUT2D eigenvalue weighted by Crippen LogP contribution is 2.22. The van der Waals surface area contributed by atoms with E-state index in [1.165, 1.54) is 25.7 Å². The number of ether oxygens (including phenoxy) is 1. The summed E-state index contributed by atoms with van der Waals surface area (Å²) in [5.74, 6) is 0.605. The first kappa shape index (κ1) is 20.6. The molecule has 154 valence electrons. The third-order valence-corrected chi connectivity index (χ3v) is 5.25. The van der Waals surface area contributed by atoms with Gasteiger partial charge in [-0.1, -0.05) is 17.7 Å². The first-order valence-corrected chi connectivity index (χ1v) is 10.6. The number of guanidine groups is 1. The van der Waals surface area contributed by atoms with Gasteiger partial charge in [-0.25, -0.2) is 9.38 Å². The SMILES string of the molecule is CCNC(=NCc1ccc(N2CCOCC2)c(F)c1)NCCC1=CCCCC1. The smallest absolute Gasteiger partial charge is 0.191 e. The van der Waals surface area contributed by atoms with Crippen molar-refractivity contribution in [2.75, 3.05) is 44.3 Å². The number of rotatable bonds is 7. The van der Waals surface area contributed by atoms with E-state index >= 15 is 0 Å². The molecule has 28 heavy (non-hydrogen) atoms. The van der Waals surface area contributed by atoms with Gasteiger partial charge in [-0.2, -0.15) is 0 Å². The van der Waals surface area contributed by atoms with Crippen LogP contribution < -0.4 is 15.5 Å². The maximum Gasteiger partial charge on any atom is 0.191 e. The van der Waals surface area contributed by atoms with E-state index < -0.39 is 0 Å². The number of benzene rings is 1. The van der Waals surface area contributed by atoms with Crippen LogP contribution in [0.4, 0.5) is 10.1 Å². The van der Waals surface area contributed by atoms with Crippen LogP contribution in [0, 0.1) is 5.82 Å². The molecule has 0 saturated carbocycles. The average molecular weight is 389 g/mol. The molecule has 2 aliphatic rings. The molecule has 1 aromatic rings. The van der Waals surface area contributed by atoms with E-state index in [1.807, 2.05) is 17.0 Å². The van der Waals surface area contributed by atoms with Gasteiger partial charge in [-0.3, -0.25) is 0 Å². The first-order valence-electron chi connectivity index (χ1n) is 10.6. The van der Waals surface area contributed by atoms with Gasteiger partial charge >= 0.3 is 0 Å². The minimum absolute atomic E-state index is 0.184. The maximum absolute atomic E-state index is 14.5. The number of nitrogens with zero attached hydrogens (tertiary/aromatic N) is 2. The molecule has 2 N–H and O–H groups in total. The van der Waals surface area contributed by atoms with Crippen molar-refractivity contribution in [2.24, 2.45) is 4.99 Å². The normalized spacial score (nSPS) is 18.0. The summed E-state index contributed by atoms with van der Waals surface area (Å²) < 4.78 is 19.9. The molecule has 0 amide bonds. The number of morpholine rings is 1. The summed E-state index contributed by atoms with van der Waals surface area (Å²) in [5, 5.41) is 6.67. The summed E-state index contributed by atoms with van der Waals surface area (Å²) in [6, 6.07) is 5.43. The zero-order valence-electron chi connectivity index (χ0n) is 17.0. The minimum Gasteiger partial charge on any atom is -0.378 e. The number of anilines is 1. The summed E-state index contributed by atoms with van der Waals surface area (Å²) in [4.78, 5) is 6.66. The Balaban J connectivity index is 1.54. The Morgan fingerprint density at radius 2 is 2.07 bits per heavy atom. The van der Waals surface area contributed by atoms with Crippen molar-refractivity contribution in [2.45, 2.75) is 45.6 Å². The monoisotopic (exact) mass is 388 g/mol. The first-order chi connectivity index (χ1) is 13.8. The zero-order valence-corrected chi connectivity index (χ0v) is 17.0. The predicted molar refractivity (Wildman–Crippen MR) is 113 cm³/mol. The van der Waals surface area contributed by atoms with E-state index in [0.29, 0.717) is 25.4 Å². The fourth-order valence-electron chi connectivity index (χ4n) is 3.69. The summed E-state index contributed by atoms with van der Waals surface area (Å²) in [6.07, 6.45) is 8.52. The van der Waals surface area contributed by atoms with Gasteiger partial charge < -0.3 is 20.3 Å². The highest BCUT2D eigenvalue weighted by atomic mass is 19.1. The van der Waals surface area contributed by atoms with Crippen LogP contribution in [0.25, 0.3) is 0 Å². The lowest BCUT2D eigenvalue weighted by atomic mass is 9.97. The molecule has 6 heteroatoms. The molecular formula is C22H33FN4O. The molecule has 1 aromatic carbocycles. The van der Waals surface area contributed by atoms with Crippen molar-refractivity contribution in [3.05, 3.63) is 41.2 Å². The molecule has 0 spiro atoms. The molecule has 1 saturated heterocycles. The highest BCUT2D eigenvalue weighted by Gasteiger charge is 2.15. The van der Waals surface area contributed by atoms with Crippen molar-refractivity contribution >= 4 is 11.6 Å². The van der Waals surface area contributed by atoms with Gasteiger partial charge in [0.15, 0.2) is 5.96 Å². The van der Waals surface area contributed by atoms with E-state index in [1.54, 1.807) is 11.6 Å². The second kappa shape index (κ2) is 11.1. The number of hydrogen-bond donors (Lipinski definition) is 2. The summed E-state index contributed by atoms with van der Waals surface area (Å²) in [5.41, 5.74) is 3.08. The third-order valence-electron chi connectivity index (χ3n) is 5.25. The largest absolute Gasteiger partial charge is 0.378 e. The molecule has 5 nitrogen and oxygen atoms in total. The lowest BCUT2D eigenvalue weighted by molar-refractivity contribution is 0.122. The number of aliphatic imine (C=N–C) groups is 1. The van der Waals surface area contributed by atoms with E-state index in [9.17, 15) is 4.39 Å². The van der Waals surface area contributed by atoms with Gasteiger partial charge in [-0.05, 0) is 56.7 Å². The summed E-state index contributed by atoms with van der Waals surface area (Å²) >= 11 is 0. The molecule has 1 aliphatic carbocycles. The van der Waals surface area contributed by atoms with Crippen LogP contribution in [0.5, 0.6) is 0 Å². The number of allylic oxidation sites excluding steroid dienone is 1. The van der Waals surface area contributed by atoms with Crippen LogP contribution in [0.1, 0.15) is 44.6 Å². The lowest BCUT2D eigenvalue weighted by Gasteiger charge is -2.29. The predicted octanol–water partition coefficient (Wildman–Crippen LogP) is 3.61. The lowest BCUT2D eigenvalue weighted by Crippen LogP contribution is -2.38. The molecule has 0 aromatic heterocycles. The van der Waals surface area contributed by atoms with Crippen LogP contribution in [-0.4, -0.2) is 45.4 Å². The second-order valence-electron chi connectivity index (χ2n) is 7.37. The fourth-order valence-corrected chi connectivity index (χ4v) is 3.69. The van der Waals surface area contributed by atoms with Crippen LogP contribution in [0.2, 0.25) is 0 Å². The van der Waals surface area contributed by atoms with Crippen molar-refractivity contribution in [1.29, 1.82) is 0 Å². The zero-order chi connectivity index (χ0) is 19.6. The third kappa shape index (κ3) is 6.23. The summed E-state index contributed by atoms with van der Waals surface area (Å²) in [6.45, 7) is 6.97. The summed E-state index contributed by atoms with van der Waals surface area (Å²) in [7, 11) is 0. The number of nitrogens with one attached hydrogen (secondary N) is 2. The Bertz CT molecular complexity index is 683. The number of hydrogen-bond acceptors (Lipinski definition) is 3. The Kier molecular flexibility index (Phi) is 8.15. The second-order valence-corrected chi connectivity index (χ2v) is 7.37. The van der Waals surface area contributed by atoms with Gasteiger partial charge in [-0.15, -0.1) is 0 Å². The van der Waals surface area contributed by atoms with Crippen molar-refractivity contribution in [3.63, 3.8) is 0 Å². The standard InChI is InChI=1S/C22H33FN4O/c1-2-24-22(25-11-10-18-6-4-3-5-7-18)26-17-19-8-9-21(20(23)16-19)27-12-14-28-15-13-27/h6,8-9,16H,2-5,7,10-15,17H2,1H3,(H2,24,25,26). The molecule has 0 bridgehead atoms. The Hall–Kier alpha value is -2.08. The quantitative estimate of drug-likeness (QED) is 0.426. The molecule has 0 radical (unpaired) electrons. The topological polar surface area (TPSA) is 48.9 Å². The van der Waals surface area contributed by atoms with Crippen LogP contribution in [-0.2, 0) is 11.3 Å². The average Bonchev–Trinajstić information content (AvgIpc) is 2.73. The molecule has 0 unspecified atom stereocenters. The van der Waals surface area contributed by atoms with Crippen molar-refractivity contribution < 1.29 is 9.13 Å². The van der Waals surface area contributed by atoms with Crippen LogP contribution in [0.3, 0.4) is 0 Å². The maximum atomic E-state index is 14.5. The molecule has 3 rings (SSSR count). The minimum atomic E-state index is -0.184. The van der Waals surface area contributed by atoms with Gasteiger partial charge in [0.05, 0.1) is 25.4 Å². The van der Waals surface area contributed by atoms with Gasteiger partial charge in [0.25, 0.3) is 0 Å². The molecular weight excluding hydrogens is 355 g/mol. The van der Waals surface area contributed by atoms with Gasteiger partial charge in [0, 0.05) is 26.2 Å². The highest BCUT2D eigenvalue weighted by molar-refractivity contribution is 5.79. The molecule has 1 aliphatic heterocycles. The van der Waals surface area contributed by atoms with Crippen LogP contribution in [0.15, 0.2) is 34.8 Å². The van der Waals surface area contributed by atoms with E-state index in [-0.39, 0.29) is 5.82 Å². The Morgan fingerprint density at radius 1 is 1.21 bits per heavy atom. The Labute approximate surface area is 168 Å². The van der Waals surface area contributed by atoms with E-state index in [4.69, 9.17) is 4.74 Å². The van der Waals surface area contributed by atoms with Crippen molar-refractivity contribution in [3.8, 4) is 0 Å². The number of halogens is 1. The van der Waals surface area contributed by atoms with Gasteiger partial charge in [0.2, 0.25) is 0 Å². The van der Waals surface area contributed by atoms with Crippen LogP contribution >= 0.6 is 0 Å². The van der Waals surface area contributed by atoms with E-state index in [0.717, 1.165) is 44.1 Å². The Morgan fingerprint density at radius 3 is 2.79 bits per heavy atom. The van der Waals surface area contributed by atoms with Crippen molar-refractivity contribution in [1.82, 2.24) is 10.6 Å². The van der Waals surface area contributed by atoms with Gasteiger partial charge in [0.1, 0.15) is 5.82 Å². The fraction of sp³-hybridized carbons (Fsp3) is 0.591. The molecule has 1 fully saturated rings. The molecule has 1 heterocycles. The van der Waals surface area contributed by atoms with E-state index in [2.05, 4.69) is 28.6 Å².